The van der Waals surface area contributed by atoms with Crippen LogP contribution in [0.1, 0.15) is 35.2 Å². The van der Waals surface area contributed by atoms with Crippen LogP contribution in [0.2, 0.25) is 0 Å². The lowest BCUT2D eigenvalue weighted by Gasteiger charge is -2.39. The minimum atomic E-state index is -0.242. The van der Waals surface area contributed by atoms with Gasteiger partial charge in [0.25, 0.3) is 0 Å². The van der Waals surface area contributed by atoms with E-state index in [1.54, 1.807) is 0 Å². The molecule has 3 aromatic heterocycles. The molecule has 7 aromatic carbocycles. The summed E-state index contributed by atoms with van der Waals surface area (Å²) in [5.74, 6) is 0. The third-order valence-electron chi connectivity index (χ3n) is 10.4. The molecule has 0 spiro atoms. The maximum absolute atomic E-state index is 6.81. The zero-order valence-electron chi connectivity index (χ0n) is 27.4. The fraction of sp³-hybridized carbons (Fsp3) is 0.0667. The Morgan fingerprint density at radius 3 is 1.51 bits per heavy atom. The van der Waals surface area contributed by atoms with Gasteiger partial charge in [-0.1, -0.05) is 127 Å². The van der Waals surface area contributed by atoms with Crippen molar-refractivity contribution in [2.24, 2.45) is 0 Å². The van der Waals surface area contributed by atoms with Gasteiger partial charge in [-0.05, 0) is 35.4 Å². The summed E-state index contributed by atoms with van der Waals surface area (Å²) in [5.41, 5.74) is 10.5. The van der Waals surface area contributed by atoms with Crippen molar-refractivity contribution in [1.82, 2.24) is 16.0 Å². The Hall–Kier alpha value is -6.18. The number of hydrogen-bond donors (Lipinski definition) is 3. The first-order chi connectivity index (χ1) is 25.3. The van der Waals surface area contributed by atoms with E-state index in [0.717, 1.165) is 93.6 Å². The maximum Gasteiger partial charge on any atom is 0.143 e. The van der Waals surface area contributed by atoms with Gasteiger partial charge in [0.1, 0.15) is 33.5 Å². The molecule has 6 heteroatoms. The fourth-order valence-electron chi connectivity index (χ4n) is 8.03. The number of benzene rings is 7. The molecule has 4 heterocycles. The molecule has 1 aliphatic heterocycles. The van der Waals surface area contributed by atoms with Gasteiger partial charge in [0, 0.05) is 49.0 Å². The smallest absolute Gasteiger partial charge is 0.143 e. The first-order valence-corrected chi connectivity index (χ1v) is 17.4. The fourth-order valence-corrected chi connectivity index (χ4v) is 8.03. The minimum absolute atomic E-state index is 0.141. The number of fused-ring (bicyclic) bond motifs is 9. The average Bonchev–Trinajstić information content (AvgIpc) is 3.89. The van der Waals surface area contributed by atoms with Crippen LogP contribution in [-0.2, 0) is 0 Å². The minimum Gasteiger partial charge on any atom is -0.456 e. The Balaban J connectivity index is 1.03. The van der Waals surface area contributed by atoms with Crippen LogP contribution in [0.3, 0.4) is 0 Å². The normalized spacial score (nSPS) is 18.2. The van der Waals surface area contributed by atoms with E-state index in [4.69, 9.17) is 13.3 Å². The van der Waals surface area contributed by atoms with Crippen LogP contribution in [0.25, 0.3) is 76.9 Å². The molecular formula is C45H31N3O3. The van der Waals surface area contributed by atoms with Crippen molar-refractivity contribution < 1.29 is 13.3 Å². The van der Waals surface area contributed by atoms with Crippen LogP contribution in [0.4, 0.5) is 0 Å². The lowest BCUT2D eigenvalue weighted by molar-refractivity contribution is 0.203. The Kier molecular flexibility index (Phi) is 6.27. The first-order valence-electron chi connectivity index (χ1n) is 17.4. The van der Waals surface area contributed by atoms with Gasteiger partial charge < -0.3 is 13.3 Å². The topological polar surface area (TPSA) is 75.5 Å². The molecule has 3 N–H and O–H groups in total. The summed E-state index contributed by atoms with van der Waals surface area (Å²) < 4.78 is 19.7. The lowest BCUT2D eigenvalue weighted by atomic mass is 10.00. The standard InChI is InChI=1S/C45H31N3O3/c1-2-11-26(12-3-1)43-46-44(35-19-9-17-33-30-14-5-7-22-38(30)50-41(33)35)48-45(47-43)36-20-10-18-34-31-24-23-27(25-39(31)51-42(34)36)28-15-8-16-32-29-13-4-6-21-37(29)49-40(28)32/h1-25,43-48H. The number of hydrogen-bond acceptors (Lipinski definition) is 6. The van der Waals surface area contributed by atoms with Gasteiger partial charge in [-0.15, -0.1) is 0 Å². The molecule has 0 bridgehead atoms. The van der Waals surface area contributed by atoms with E-state index in [-0.39, 0.29) is 18.5 Å². The van der Waals surface area contributed by atoms with E-state index < -0.39 is 0 Å². The summed E-state index contributed by atoms with van der Waals surface area (Å²) in [4.78, 5) is 0. The molecule has 3 unspecified atom stereocenters. The molecule has 11 rings (SSSR count). The van der Waals surface area contributed by atoms with Gasteiger partial charge in [0.15, 0.2) is 0 Å². The predicted octanol–water partition coefficient (Wildman–Crippen LogP) is 11.2. The number of nitrogens with one attached hydrogen (secondary N) is 3. The zero-order valence-corrected chi connectivity index (χ0v) is 27.4. The van der Waals surface area contributed by atoms with Crippen LogP contribution >= 0.6 is 0 Å². The Labute approximate surface area is 292 Å². The van der Waals surface area contributed by atoms with E-state index >= 15 is 0 Å². The van der Waals surface area contributed by atoms with Crippen molar-refractivity contribution in [3.8, 4) is 11.1 Å². The molecule has 0 aliphatic carbocycles. The second kappa shape index (κ2) is 11.2. The van der Waals surface area contributed by atoms with Crippen LogP contribution in [0.5, 0.6) is 0 Å². The van der Waals surface area contributed by atoms with Gasteiger partial charge in [-0.2, -0.15) is 0 Å². The molecule has 3 atom stereocenters. The molecule has 51 heavy (non-hydrogen) atoms. The quantitative estimate of drug-likeness (QED) is 0.174. The SMILES string of the molecule is c1ccc(C2NC(c3cccc4c3oc3ccccc34)NC(c3cccc4c3oc3cc(-c5cccc6c5oc5ccccc56)ccc34)N2)cc1. The number of para-hydroxylation sites is 5. The molecule has 1 aliphatic rings. The van der Waals surface area contributed by atoms with E-state index in [9.17, 15) is 0 Å². The van der Waals surface area contributed by atoms with Gasteiger partial charge >= 0.3 is 0 Å². The molecule has 0 amide bonds. The van der Waals surface area contributed by atoms with Gasteiger partial charge in [-0.25, -0.2) is 0 Å². The third-order valence-corrected chi connectivity index (χ3v) is 10.4. The van der Waals surface area contributed by atoms with Crippen LogP contribution in [-0.4, -0.2) is 0 Å². The maximum atomic E-state index is 6.81. The Morgan fingerprint density at radius 1 is 0.353 bits per heavy atom. The predicted molar refractivity (Wildman–Crippen MR) is 204 cm³/mol. The van der Waals surface area contributed by atoms with Crippen LogP contribution in [0, 0.1) is 0 Å². The second-order valence-electron chi connectivity index (χ2n) is 13.3. The van der Waals surface area contributed by atoms with Crippen molar-refractivity contribution in [1.29, 1.82) is 0 Å². The summed E-state index contributed by atoms with van der Waals surface area (Å²) >= 11 is 0. The van der Waals surface area contributed by atoms with E-state index in [1.165, 1.54) is 0 Å². The summed E-state index contributed by atoms with van der Waals surface area (Å²) in [7, 11) is 0. The highest BCUT2D eigenvalue weighted by Gasteiger charge is 2.33. The zero-order chi connectivity index (χ0) is 33.5. The van der Waals surface area contributed by atoms with Crippen LogP contribution in [0.15, 0.2) is 165 Å². The summed E-state index contributed by atoms with van der Waals surface area (Å²) in [6, 6.07) is 52.6. The molecule has 10 aromatic rings. The van der Waals surface area contributed by atoms with Crippen LogP contribution < -0.4 is 16.0 Å². The van der Waals surface area contributed by atoms with Gasteiger partial charge in [-0.3, -0.25) is 16.0 Å². The highest BCUT2D eigenvalue weighted by atomic mass is 16.3. The van der Waals surface area contributed by atoms with E-state index in [1.807, 2.05) is 30.3 Å². The lowest BCUT2D eigenvalue weighted by Crippen LogP contribution is -2.54. The van der Waals surface area contributed by atoms with Gasteiger partial charge in [0.2, 0.25) is 0 Å². The van der Waals surface area contributed by atoms with Crippen molar-refractivity contribution in [2.75, 3.05) is 0 Å². The largest absolute Gasteiger partial charge is 0.456 e. The monoisotopic (exact) mass is 661 g/mol. The second-order valence-corrected chi connectivity index (χ2v) is 13.3. The molecule has 6 nitrogen and oxygen atoms in total. The molecule has 244 valence electrons. The number of furan rings is 3. The number of rotatable bonds is 4. The van der Waals surface area contributed by atoms with E-state index in [0.29, 0.717) is 0 Å². The molecule has 0 radical (unpaired) electrons. The summed E-state index contributed by atoms with van der Waals surface area (Å²) in [6.45, 7) is 0. The van der Waals surface area contributed by atoms with Crippen molar-refractivity contribution >= 4 is 65.8 Å². The molecule has 0 saturated carbocycles. The van der Waals surface area contributed by atoms with Crippen molar-refractivity contribution in [3.05, 3.63) is 168 Å². The highest BCUT2D eigenvalue weighted by Crippen LogP contribution is 2.41. The van der Waals surface area contributed by atoms with E-state index in [2.05, 4.69) is 137 Å². The first kappa shape index (κ1) is 28.6. The summed E-state index contributed by atoms with van der Waals surface area (Å²) in [6.07, 6.45) is -0.604. The van der Waals surface area contributed by atoms with Crippen molar-refractivity contribution in [2.45, 2.75) is 18.5 Å². The Morgan fingerprint density at radius 2 is 0.843 bits per heavy atom. The Bertz CT molecular complexity index is 2940. The molecule has 1 saturated heterocycles. The van der Waals surface area contributed by atoms with Crippen molar-refractivity contribution in [3.63, 3.8) is 0 Å². The molecule has 1 fully saturated rings. The summed E-state index contributed by atoms with van der Waals surface area (Å²) in [5, 5.41) is 18.1. The molecular weight excluding hydrogens is 631 g/mol. The third kappa shape index (κ3) is 4.48. The highest BCUT2D eigenvalue weighted by molar-refractivity contribution is 6.11. The average molecular weight is 662 g/mol. The van der Waals surface area contributed by atoms with Gasteiger partial charge in [0.05, 0.1) is 18.5 Å².